The molecule has 0 heterocycles. The van der Waals surface area contributed by atoms with Crippen LogP contribution in [-0.4, -0.2) is 12.6 Å². The van der Waals surface area contributed by atoms with Gasteiger partial charge >= 0.3 is 0 Å². The largest absolute Gasteiger partial charge is 0.542 e. The first-order valence-corrected chi connectivity index (χ1v) is 2.53. The van der Waals surface area contributed by atoms with Gasteiger partial charge in [0.2, 0.25) is 0 Å². The van der Waals surface area contributed by atoms with Gasteiger partial charge in [-0.1, -0.05) is 58.4 Å². The van der Waals surface area contributed by atoms with Crippen LogP contribution in [0.25, 0.3) is 0 Å². The normalized spacial score (nSPS) is 2.78. The Hall–Kier alpha value is 2.65. The van der Waals surface area contributed by atoms with Crippen LogP contribution in [0.15, 0.2) is 0 Å². The molecule has 0 aliphatic rings. The fourth-order valence-electron chi connectivity index (χ4n) is 0. The second-order valence-corrected chi connectivity index (χ2v) is 0.996. The number of hydrogen-bond donors (Lipinski definition) is 0. The Bertz CT molecular complexity index is 56.2. The molecule has 0 aliphatic heterocycles. The molecule has 5 heteroatoms. The number of rotatable bonds is 2. The number of hydrogen-bond acceptors (Lipinski definition) is 2. The van der Waals surface area contributed by atoms with Crippen molar-refractivity contribution in [2.75, 3.05) is 0 Å². The van der Waals surface area contributed by atoms with Gasteiger partial charge in [0, 0.05) is 98.1 Å². The van der Waals surface area contributed by atoms with Crippen LogP contribution in [0.3, 0.4) is 0 Å². The zero-order chi connectivity index (χ0) is 6.83. The molecule has 0 aromatic carbocycles. The van der Waals surface area contributed by atoms with Gasteiger partial charge < -0.3 is 17.0 Å². The van der Waals surface area contributed by atoms with Crippen molar-refractivity contribution >= 4 is 12.6 Å². The Labute approximate surface area is 196 Å². The summed E-state index contributed by atoms with van der Waals surface area (Å²) in [7, 11) is 0. The van der Waals surface area contributed by atoms with Crippen LogP contribution < -0.4 is 0 Å². The van der Waals surface area contributed by atoms with Crippen LogP contribution in [0, 0.1) is 7.43 Å². The molecular weight excluding hydrogens is 455 g/mol. The van der Waals surface area contributed by atoms with E-state index in [0.29, 0.717) is 12.8 Å². The Balaban J connectivity index is -0.00000000257. The van der Waals surface area contributed by atoms with Crippen LogP contribution in [0.5, 0.6) is 0 Å². The monoisotopic (exact) mass is 492 g/mol. The van der Waals surface area contributed by atoms with Crippen molar-refractivity contribution < 1.29 is 108 Å². The zero-order valence-electron chi connectivity index (χ0n) is 7.96. The molecule has 0 aliphatic carbocycles. The summed E-state index contributed by atoms with van der Waals surface area (Å²) in [6, 6.07) is 0. The van der Waals surface area contributed by atoms with Crippen LogP contribution in [0.1, 0.15) is 71.2 Å². The van der Waals surface area contributed by atoms with E-state index in [2.05, 4.69) is 0 Å². The van der Waals surface area contributed by atoms with Crippen molar-refractivity contribution in [3.8, 4) is 0 Å². The van der Waals surface area contributed by atoms with Crippen LogP contribution in [0.2, 0.25) is 0 Å². The number of carbonyl (C=O) groups excluding carboxylic acids is 2. The quantitative estimate of drug-likeness (QED) is 0.493. The molecule has 0 unspecified atom stereocenters. The van der Waals surface area contributed by atoms with Gasteiger partial charge in [0.15, 0.2) is 0 Å². The van der Waals surface area contributed by atoms with E-state index in [4.69, 9.17) is 9.59 Å². The van der Waals surface area contributed by atoms with E-state index >= 15 is 0 Å². The average molecular weight is 492 g/mol. The summed E-state index contributed by atoms with van der Waals surface area (Å²) in [6.07, 6.45) is 4.39. The predicted octanol–water partition coefficient (Wildman–Crippen LogP) is 5.27. The first-order valence-electron chi connectivity index (χ1n) is 2.53. The summed E-state index contributed by atoms with van der Waals surface area (Å²) in [5.74, 6) is 0. The molecule has 0 atom stereocenters. The summed E-state index contributed by atoms with van der Waals surface area (Å²) in [5, 5.41) is 0. The maximum atomic E-state index is 9.05. The minimum Gasteiger partial charge on any atom is -0.542 e. The minimum atomic E-state index is 0. The van der Waals surface area contributed by atoms with E-state index < -0.39 is 0 Å². The van der Waals surface area contributed by atoms with Gasteiger partial charge in [-0.15, -0.1) is 0 Å². The van der Waals surface area contributed by atoms with Crippen LogP contribution in [0.4, 0.5) is 0 Å². The SMILES string of the molecule is C.C.C.C.C.C.CC[C-]=O.CC[C-]=O.[CH3-].[Y].[Y].[Y]. The topological polar surface area (TPSA) is 34.1 Å². The van der Waals surface area contributed by atoms with Gasteiger partial charge in [-0.2, -0.15) is 12.8 Å². The molecule has 113 valence electrons. The van der Waals surface area contributed by atoms with Crippen LogP contribution in [-0.2, 0) is 108 Å². The molecule has 0 aromatic heterocycles. The van der Waals surface area contributed by atoms with Crippen molar-refractivity contribution in [1.82, 2.24) is 0 Å². The van der Waals surface area contributed by atoms with Gasteiger partial charge in [0.1, 0.15) is 0 Å². The van der Waals surface area contributed by atoms with E-state index in [9.17, 15) is 0 Å². The van der Waals surface area contributed by atoms with Crippen molar-refractivity contribution in [3.05, 3.63) is 7.43 Å². The standard InChI is InChI=1S/2C3H5O.6CH4.CH3.3Y/c2*1-2-3-4;;;;;;;;;;/h2*2H2,1H3;6*1H4;1H3;;;/q2*-1;;;;;;;-1;;;. The Morgan fingerprint density at radius 2 is 0.667 bits per heavy atom. The predicted molar refractivity (Wildman–Crippen MR) is 78.8 cm³/mol. The molecule has 2 nitrogen and oxygen atoms in total. The Kier molecular flexibility index (Phi) is 915. The van der Waals surface area contributed by atoms with Gasteiger partial charge in [-0.3, -0.25) is 12.6 Å². The van der Waals surface area contributed by atoms with Gasteiger partial charge in [-0.05, 0) is 0 Å². The third kappa shape index (κ3) is 269. The third-order valence-corrected chi connectivity index (χ3v) is 0.289. The van der Waals surface area contributed by atoms with Gasteiger partial charge in [0.25, 0.3) is 0 Å². The smallest absolute Gasteiger partial charge is 0 e. The maximum absolute atomic E-state index is 9.05. The Morgan fingerprint density at radius 1 is 0.611 bits per heavy atom. The minimum absolute atomic E-state index is 0. The first kappa shape index (κ1) is 107. The molecule has 0 fully saturated rings. The van der Waals surface area contributed by atoms with E-state index in [0.717, 1.165) is 0 Å². The van der Waals surface area contributed by atoms with Crippen molar-refractivity contribution in [1.29, 1.82) is 0 Å². The maximum Gasteiger partial charge on any atom is 0 e. The van der Waals surface area contributed by atoms with E-state index in [1.54, 1.807) is 26.4 Å². The second-order valence-electron chi connectivity index (χ2n) is 0.996. The van der Waals surface area contributed by atoms with Gasteiger partial charge in [0.05, 0.1) is 0 Å². The Morgan fingerprint density at radius 3 is 0.667 bits per heavy atom. The van der Waals surface area contributed by atoms with E-state index in [1.165, 1.54) is 0 Å². The molecule has 0 saturated heterocycles. The summed E-state index contributed by atoms with van der Waals surface area (Å²) < 4.78 is 0. The van der Waals surface area contributed by atoms with Gasteiger partial charge in [-0.25, -0.2) is 0 Å². The van der Waals surface area contributed by atoms with E-state index in [-0.39, 0.29) is 150 Å². The fraction of sp³-hybridized carbons (Fsp3) is 0.769. The molecule has 0 amide bonds. The second kappa shape index (κ2) is 155. The molecule has 18 heavy (non-hydrogen) atoms. The molecular formula is C13H37O2Y3-3. The summed E-state index contributed by atoms with van der Waals surface area (Å²) in [5.41, 5.74) is 0. The van der Waals surface area contributed by atoms with Crippen molar-refractivity contribution in [2.45, 2.75) is 71.2 Å². The molecule has 0 saturated carbocycles. The first-order chi connectivity index (χ1) is 3.83. The summed E-state index contributed by atoms with van der Waals surface area (Å²) in [4.78, 5) is 18.1. The third-order valence-electron chi connectivity index (χ3n) is 0.289. The average Bonchev–Trinajstić information content (AvgIpc) is 1.88. The molecule has 0 spiro atoms. The fourth-order valence-corrected chi connectivity index (χ4v) is 0. The summed E-state index contributed by atoms with van der Waals surface area (Å²) >= 11 is 0. The molecule has 3 radical (unpaired) electrons. The van der Waals surface area contributed by atoms with E-state index in [1.807, 2.05) is 0 Å². The molecule has 0 bridgehead atoms. The molecule has 0 aromatic rings. The molecule has 0 rings (SSSR count). The van der Waals surface area contributed by atoms with Crippen molar-refractivity contribution in [3.63, 3.8) is 0 Å². The zero-order valence-corrected chi connectivity index (χ0v) is 16.5. The van der Waals surface area contributed by atoms with Crippen molar-refractivity contribution in [2.24, 2.45) is 0 Å². The molecule has 0 N–H and O–H groups in total. The summed E-state index contributed by atoms with van der Waals surface area (Å²) in [6.45, 7) is 3.51. The van der Waals surface area contributed by atoms with Crippen LogP contribution >= 0.6 is 0 Å².